The molecule has 7 heteroatoms. The van der Waals surface area contributed by atoms with Crippen LogP contribution in [-0.2, 0) is 18.3 Å². The molecule has 1 aromatic heterocycles. The number of hydrogen-bond acceptors (Lipinski definition) is 4. The molecule has 1 aromatic carbocycles. The maximum Gasteiger partial charge on any atom is 0.238 e. The van der Waals surface area contributed by atoms with E-state index in [9.17, 15) is 14.4 Å². The Kier molecular flexibility index (Phi) is 4.90. The zero-order valence-corrected chi connectivity index (χ0v) is 16.1. The molecule has 4 atom stereocenters. The molecule has 2 N–H and O–H groups in total. The quantitative estimate of drug-likeness (QED) is 0.832. The van der Waals surface area contributed by atoms with Crippen LogP contribution < -0.4 is 10.6 Å². The minimum atomic E-state index is -0.757. The van der Waals surface area contributed by atoms with Crippen LogP contribution in [0.2, 0.25) is 0 Å². The van der Waals surface area contributed by atoms with E-state index in [0.29, 0.717) is 17.5 Å². The smallest absolute Gasteiger partial charge is 0.238 e. The lowest BCUT2D eigenvalue weighted by molar-refractivity contribution is -0.124. The predicted molar refractivity (Wildman–Crippen MR) is 103 cm³/mol. The number of halogens is 1. The zero-order valence-electron chi connectivity index (χ0n) is 16.1. The van der Waals surface area contributed by atoms with Gasteiger partial charge in [0.25, 0.3) is 0 Å². The summed E-state index contributed by atoms with van der Waals surface area (Å²) < 4.78 is 16.6. The van der Waals surface area contributed by atoms with Crippen molar-refractivity contribution >= 4 is 5.91 Å². The van der Waals surface area contributed by atoms with Gasteiger partial charge in [0.15, 0.2) is 0 Å². The molecule has 146 valence electrons. The van der Waals surface area contributed by atoms with Gasteiger partial charge in [0.05, 0.1) is 24.0 Å². The fraction of sp³-hybridized carbons (Fsp3) is 0.476. The molecule has 4 rings (SSSR count). The Labute approximate surface area is 163 Å². The average Bonchev–Trinajstić information content (AvgIpc) is 3.40. The summed E-state index contributed by atoms with van der Waals surface area (Å²) in [5.74, 6) is 0.661. The van der Waals surface area contributed by atoms with Gasteiger partial charge in [-0.15, -0.1) is 0 Å². The van der Waals surface area contributed by atoms with Crippen LogP contribution >= 0.6 is 0 Å². The Morgan fingerprint density at radius 2 is 2.32 bits per heavy atom. The van der Waals surface area contributed by atoms with Gasteiger partial charge in [0, 0.05) is 25.1 Å². The van der Waals surface area contributed by atoms with Crippen molar-refractivity contribution in [3.05, 3.63) is 41.6 Å². The monoisotopic (exact) mass is 381 g/mol. The first kappa shape index (κ1) is 18.6. The summed E-state index contributed by atoms with van der Waals surface area (Å²) in [7, 11) is 1.88. The number of rotatable bonds is 5. The van der Waals surface area contributed by atoms with Gasteiger partial charge in [0.2, 0.25) is 5.91 Å². The standard InChI is InChI=1S/C21H24FN5O/c1-12-24-11-19(27(12)2)14-4-3-13(18(22)9-14)7-17(10-23)26-21(28)20-15-5-6-16(8-15)25-20/h3-4,9,11,15-17,20,25H,5-8H2,1-2H3,(H,26,28)/t15-,16+,17-,20-/m0/s1. The molecule has 0 spiro atoms. The van der Waals surface area contributed by atoms with E-state index in [1.165, 1.54) is 6.07 Å². The molecule has 1 saturated heterocycles. The van der Waals surface area contributed by atoms with Crippen molar-refractivity contribution in [1.29, 1.82) is 5.26 Å². The third-order valence-electron chi connectivity index (χ3n) is 6.11. The van der Waals surface area contributed by atoms with E-state index in [-0.39, 0.29) is 24.2 Å². The molecule has 1 aliphatic carbocycles. The number of hydrogen-bond donors (Lipinski definition) is 2. The molecule has 2 aromatic rings. The van der Waals surface area contributed by atoms with Crippen LogP contribution in [-0.4, -0.2) is 33.6 Å². The van der Waals surface area contributed by atoms with Crippen LogP contribution in [0.15, 0.2) is 24.4 Å². The summed E-state index contributed by atoms with van der Waals surface area (Å²) in [6.07, 6.45) is 5.04. The SMILES string of the molecule is Cc1ncc(-c2ccc(C[C@@H](C#N)NC(=O)[C@H]3N[C@@H]4CC[C@H]3C4)c(F)c2)n1C. The van der Waals surface area contributed by atoms with Gasteiger partial charge in [0.1, 0.15) is 17.7 Å². The highest BCUT2D eigenvalue weighted by molar-refractivity contribution is 5.83. The van der Waals surface area contributed by atoms with Crippen LogP contribution in [0.3, 0.4) is 0 Å². The van der Waals surface area contributed by atoms with Gasteiger partial charge in [-0.25, -0.2) is 9.37 Å². The minimum absolute atomic E-state index is 0.138. The van der Waals surface area contributed by atoms with E-state index in [2.05, 4.69) is 21.7 Å². The molecule has 28 heavy (non-hydrogen) atoms. The van der Waals surface area contributed by atoms with Crippen molar-refractivity contribution in [2.75, 3.05) is 0 Å². The van der Waals surface area contributed by atoms with E-state index in [1.54, 1.807) is 12.3 Å². The second-order valence-electron chi connectivity index (χ2n) is 7.86. The second-order valence-corrected chi connectivity index (χ2v) is 7.86. The van der Waals surface area contributed by atoms with Crippen LogP contribution in [0.1, 0.15) is 30.7 Å². The van der Waals surface area contributed by atoms with Crippen LogP contribution in [0.5, 0.6) is 0 Å². The zero-order chi connectivity index (χ0) is 19.8. The molecule has 1 saturated carbocycles. The summed E-state index contributed by atoms with van der Waals surface area (Å²) in [5.41, 5.74) is 1.97. The molecule has 2 heterocycles. The number of fused-ring (bicyclic) bond motifs is 2. The number of aromatic nitrogens is 2. The third-order valence-corrected chi connectivity index (χ3v) is 6.11. The van der Waals surface area contributed by atoms with E-state index < -0.39 is 6.04 Å². The number of benzene rings is 1. The molecule has 6 nitrogen and oxygen atoms in total. The Hall–Kier alpha value is -2.72. The van der Waals surface area contributed by atoms with Gasteiger partial charge in [-0.05, 0) is 43.7 Å². The van der Waals surface area contributed by atoms with E-state index in [0.717, 1.165) is 36.3 Å². The summed E-state index contributed by atoms with van der Waals surface area (Å²) in [6, 6.07) is 6.49. The number of carbonyl (C=O) groups excluding carboxylic acids is 1. The van der Waals surface area contributed by atoms with Gasteiger partial charge < -0.3 is 15.2 Å². The van der Waals surface area contributed by atoms with E-state index in [4.69, 9.17) is 0 Å². The lowest BCUT2D eigenvalue weighted by Crippen LogP contribution is -2.50. The van der Waals surface area contributed by atoms with Crippen molar-refractivity contribution < 1.29 is 9.18 Å². The molecule has 2 bridgehead atoms. The second kappa shape index (κ2) is 7.36. The van der Waals surface area contributed by atoms with E-state index >= 15 is 0 Å². The first-order valence-corrected chi connectivity index (χ1v) is 9.69. The number of amides is 1. The highest BCUT2D eigenvalue weighted by Crippen LogP contribution is 2.35. The number of aryl methyl sites for hydroxylation is 1. The Bertz CT molecular complexity index is 947. The number of carbonyl (C=O) groups is 1. The van der Waals surface area contributed by atoms with Crippen LogP contribution in [0.4, 0.5) is 4.39 Å². The van der Waals surface area contributed by atoms with Crippen molar-refractivity contribution in [3.63, 3.8) is 0 Å². The molecule has 2 fully saturated rings. The summed E-state index contributed by atoms with van der Waals surface area (Å²) in [6.45, 7) is 1.89. The lowest BCUT2D eigenvalue weighted by atomic mass is 9.98. The van der Waals surface area contributed by atoms with Crippen molar-refractivity contribution in [2.24, 2.45) is 13.0 Å². The molecule has 0 radical (unpaired) electrons. The number of nitrogens with one attached hydrogen (secondary N) is 2. The molecule has 1 aliphatic heterocycles. The van der Waals surface area contributed by atoms with E-state index in [1.807, 2.05) is 24.6 Å². The van der Waals surface area contributed by atoms with Crippen LogP contribution in [0, 0.1) is 30.0 Å². The molecule has 2 aliphatic rings. The maximum absolute atomic E-state index is 14.7. The van der Waals surface area contributed by atoms with Gasteiger partial charge in [-0.1, -0.05) is 12.1 Å². The molecular weight excluding hydrogens is 357 g/mol. The van der Waals surface area contributed by atoms with Crippen molar-refractivity contribution in [2.45, 2.75) is 50.7 Å². The van der Waals surface area contributed by atoms with Gasteiger partial charge >= 0.3 is 0 Å². The maximum atomic E-state index is 14.7. The third kappa shape index (κ3) is 3.40. The topological polar surface area (TPSA) is 82.7 Å². The molecule has 1 amide bonds. The first-order chi connectivity index (χ1) is 13.5. The first-order valence-electron chi connectivity index (χ1n) is 9.69. The summed E-state index contributed by atoms with van der Waals surface area (Å²) in [4.78, 5) is 16.8. The number of imidazole rings is 1. The Morgan fingerprint density at radius 1 is 1.50 bits per heavy atom. The summed E-state index contributed by atoms with van der Waals surface area (Å²) >= 11 is 0. The fourth-order valence-corrected chi connectivity index (χ4v) is 4.40. The molecule has 0 unspecified atom stereocenters. The predicted octanol–water partition coefficient (Wildman–Crippen LogP) is 2.23. The highest BCUT2D eigenvalue weighted by atomic mass is 19.1. The van der Waals surface area contributed by atoms with Gasteiger partial charge in [-0.2, -0.15) is 5.26 Å². The largest absolute Gasteiger partial charge is 0.339 e. The highest BCUT2D eigenvalue weighted by Gasteiger charge is 2.43. The Balaban J connectivity index is 1.44. The Morgan fingerprint density at radius 3 is 2.89 bits per heavy atom. The minimum Gasteiger partial charge on any atom is -0.339 e. The normalized spacial score (nSPS) is 24.1. The van der Waals surface area contributed by atoms with Crippen LogP contribution in [0.25, 0.3) is 11.3 Å². The number of piperidine rings is 1. The van der Waals surface area contributed by atoms with Crippen molar-refractivity contribution in [1.82, 2.24) is 20.2 Å². The van der Waals surface area contributed by atoms with Gasteiger partial charge in [-0.3, -0.25) is 4.79 Å². The van der Waals surface area contributed by atoms with Crippen molar-refractivity contribution in [3.8, 4) is 17.3 Å². The fourth-order valence-electron chi connectivity index (χ4n) is 4.40. The number of nitriles is 1. The average molecular weight is 381 g/mol. The lowest BCUT2D eigenvalue weighted by Gasteiger charge is -2.23. The molecular formula is C21H24FN5O. The summed E-state index contributed by atoms with van der Waals surface area (Å²) in [5, 5.41) is 15.6. The number of nitrogens with zero attached hydrogens (tertiary/aromatic N) is 3.